The van der Waals surface area contributed by atoms with Crippen LogP contribution in [0.3, 0.4) is 0 Å². The smallest absolute Gasteiger partial charge is 0.336 e. The van der Waals surface area contributed by atoms with Gasteiger partial charge in [0.1, 0.15) is 5.75 Å². The van der Waals surface area contributed by atoms with Crippen molar-refractivity contribution in [2.75, 3.05) is 0 Å². The number of hydrogen-bond acceptors (Lipinski definition) is 2. The molecule has 0 aliphatic rings. The molecule has 58 valence electrons. The molecule has 0 aromatic heterocycles. The zero-order valence-electron chi connectivity index (χ0n) is 8.53. The van der Waals surface area contributed by atoms with E-state index in [1.807, 2.05) is 0 Å². The lowest BCUT2D eigenvalue weighted by Crippen LogP contribution is -1.98. The highest BCUT2D eigenvalue weighted by molar-refractivity contribution is 5.90. The fourth-order valence-corrected chi connectivity index (χ4v) is 0.718. The fourth-order valence-electron chi connectivity index (χ4n) is 0.718. The number of carboxylic acid groups (broad SMARTS) is 1. The quantitative estimate of drug-likeness (QED) is 0.644. The van der Waals surface area contributed by atoms with E-state index in [4.69, 9.17) is 9.22 Å². The number of hydrogen-bond donors (Lipinski definition) is 2. The Morgan fingerprint density at radius 2 is 2.36 bits per heavy atom. The minimum atomic E-state index is -2.63. The summed E-state index contributed by atoms with van der Waals surface area (Å²) in [5.74, 6) is -1.89. The second-order valence-electron chi connectivity index (χ2n) is 2.00. The van der Waals surface area contributed by atoms with Crippen LogP contribution in [0, 0.1) is 6.85 Å². The van der Waals surface area contributed by atoms with E-state index in [0.717, 1.165) is 12.1 Å². The third-order valence-corrected chi connectivity index (χ3v) is 1.27. The normalized spacial score (nSPS) is 14.7. The third kappa shape index (κ3) is 1.32. The molecule has 0 radical (unpaired) electrons. The predicted octanol–water partition coefficient (Wildman–Crippen LogP) is 1.40. The fraction of sp³-hybridized carbons (Fsp3) is 0.125. The van der Waals surface area contributed by atoms with Gasteiger partial charge in [0.05, 0.1) is 5.56 Å². The Bertz CT molecular complexity index is 371. The Hall–Kier alpha value is -1.51. The van der Waals surface area contributed by atoms with Gasteiger partial charge in [-0.2, -0.15) is 0 Å². The molecule has 0 saturated carbocycles. The minimum absolute atomic E-state index is 0.398. The SMILES string of the molecule is [2H]C([2H])([2H])c1c(O)cccc1C(=O)O. The summed E-state index contributed by atoms with van der Waals surface area (Å²) in [6, 6.07) is 3.58. The lowest BCUT2D eigenvalue weighted by Gasteiger charge is -2.00. The zero-order chi connectivity index (χ0) is 10.9. The van der Waals surface area contributed by atoms with Gasteiger partial charge in [-0.3, -0.25) is 0 Å². The Kier molecular flexibility index (Phi) is 1.04. The molecule has 0 atom stereocenters. The van der Waals surface area contributed by atoms with Crippen molar-refractivity contribution in [1.29, 1.82) is 0 Å². The first-order chi connectivity index (χ1) is 6.34. The van der Waals surface area contributed by atoms with E-state index >= 15 is 0 Å². The minimum Gasteiger partial charge on any atom is -0.508 e. The van der Waals surface area contributed by atoms with Crippen molar-refractivity contribution in [1.82, 2.24) is 0 Å². The molecule has 3 heteroatoms. The third-order valence-electron chi connectivity index (χ3n) is 1.27. The van der Waals surface area contributed by atoms with E-state index in [1.54, 1.807) is 0 Å². The first kappa shape index (κ1) is 4.38. The van der Waals surface area contributed by atoms with Gasteiger partial charge in [0, 0.05) is 9.68 Å². The molecule has 11 heavy (non-hydrogen) atoms. The molecule has 0 spiro atoms. The highest BCUT2D eigenvalue weighted by Gasteiger charge is 2.08. The molecule has 0 bridgehead atoms. The number of aromatic carboxylic acids is 1. The molecule has 3 nitrogen and oxygen atoms in total. The van der Waals surface area contributed by atoms with E-state index in [9.17, 15) is 9.90 Å². The van der Waals surface area contributed by atoms with Crippen LogP contribution in [0.1, 0.15) is 20.0 Å². The first-order valence-electron chi connectivity index (χ1n) is 4.40. The topological polar surface area (TPSA) is 57.5 Å². The van der Waals surface area contributed by atoms with E-state index in [1.165, 1.54) is 6.07 Å². The monoisotopic (exact) mass is 155 g/mol. The second kappa shape index (κ2) is 2.62. The van der Waals surface area contributed by atoms with E-state index < -0.39 is 29.7 Å². The van der Waals surface area contributed by atoms with Crippen LogP contribution >= 0.6 is 0 Å². The lowest BCUT2D eigenvalue weighted by atomic mass is 10.1. The maximum Gasteiger partial charge on any atom is 0.336 e. The van der Waals surface area contributed by atoms with Crippen LogP contribution in [0.4, 0.5) is 0 Å². The van der Waals surface area contributed by atoms with Gasteiger partial charge in [0.25, 0.3) is 0 Å². The van der Waals surface area contributed by atoms with Gasteiger partial charge in [0.15, 0.2) is 0 Å². The number of rotatable bonds is 1. The number of phenolic OH excluding ortho intramolecular Hbond substituents is 1. The van der Waals surface area contributed by atoms with E-state index in [0.29, 0.717) is 0 Å². The molecule has 1 aromatic rings. The number of carbonyl (C=O) groups is 1. The number of phenols is 1. The van der Waals surface area contributed by atoms with Crippen molar-refractivity contribution in [3.05, 3.63) is 29.3 Å². The Morgan fingerprint density at radius 1 is 1.64 bits per heavy atom. The molecule has 0 amide bonds. The summed E-state index contributed by atoms with van der Waals surface area (Å²) in [5, 5.41) is 17.9. The van der Waals surface area contributed by atoms with Crippen molar-refractivity contribution < 1.29 is 19.1 Å². The first-order valence-corrected chi connectivity index (χ1v) is 2.90. The summed E-state index contributed by atoms with van der Waals surface area (Å²) in [6.07, 6.45) is 0. The van der Waals surface area contributed by atoms with Crippen LogP contribution in [-0.2, 0) is 0 Å². The van der Waals surface area contributed by atoms with Gasteiger partial charge in [0.2, 0.25) is 0 Å². The van der Waals surface area contributed by atoms with Crippen molar-refractivity contribution in [2.24, 2.45) is 0 Å². The van der Waals surface area contributed by atoms with Crippen LogP contribution < -0.4 is 0 Å². The lowest BCUT2D eigenvalue weighted by molar-refractivity contribution is 0.0695. The molecule has 0 aliphatic carbocycles. The predicted molar refractivity (Wildman–Crippen MR) is 39.8 cm³/mol. The maximum atomic E-state index is 10.7. The summed E-state index contributed by atoms with van der Waals surface area (Å²) in [5.41, 5.74) is -0.919. The van der Waals surface area contributed by atoms with Crippen LogP contribution in [-0.4, -0.2) is 16.2 Å². The molecule has 0 heterocycles. The zero-order valence-corrected chi connectivity index (χ0v) is 5.53. The van der Waals surface area contributed by atoms with E-state index in [2.05, 4.69) is 0 Å². The molecule has 0 fully saturated rings. The number of aromatic hydroxyl groups is 1. The maximum absolute atomic E-state index is 10.7. The average molecular weight is 155 g/mol. The van der Waals surface area contributed by atoms with Crippen LogP contribution in [0.15, 0.2) is 18.2 Å². The Labute approximate surface area is 68.1 Å². The number of benzene rings is 1. The van der Waals surface area contributed by atoms with Crippen LogP contribution in [0.25, 0.3) is 0 Å². The Balaban J connectivity index is 3.45. The summed E-state index contributed by atoms with van der Waals surface area (Å²) >= 11 is 0. The highest BCUT2D eigenvalue weighted by Crippen LogP contribution is 2.18. The van der Waals surface area contributed by atoms with Gasteiger partial charge in [-0.15, -0.1) is 0 Å². The molecule has 0 unspecified atom stereocenters. The van der Waals surface area contributed by atoms with Gasteiger partial charge in [-0.25, -0.2) is 4.79 Å². The molecule has 2 N–H and O–H groups in total. The summed E-state index contributed by atoms with van der Waals surface area (Å²) in [7, 11) is 0. The second-order valence-corrected chi connectivity index (χ2v) is 2.00. The molecule has 0 aliphatic heterocycles. The standard InChI is InChI=1S/C8H8O3/c1-5-6(8(10)11)3-2-4-7(5)9/h2-4,9H,1H3,(H,10,11)/i1D3. The largest absolute Gasteiger partial charge is 0.508 e. The molecular formula is C8H8O3. The summed E-state index contributed by atoms with van der Waals surface area (Å²) < 4.78 is 21.2. The van der Waals surface area contributed by atoms with Crippen molar-refractivity contribution >= 4 is 5.97 Å². The number of carboxylic acids is 1. The van der Waals surface area contributed by atoms with Gasteiger partial charge in [-0.1, -0.05) is 6.07 Å². The highest BCUT2D eigenvalue weighted by atomic mass is 16.4. The molecule has 1 rings (SSSR count). The summed E-state index contributed by atoms with van der Waals surface area (Å²) in [6.45, 7) is -2.63. The van der Waals surface area contributed by atoms with Crippen LogP contribution in [0.5, 0.6) is 5.75 Å². The van der Waals surface area contributed by atoms with Gasteiger partial charge < -0.3 is 10.2 Å². The summed E-state index contributed by atoms with van der Waals surface area (Å²) in [4.78, 5) is 10.7. The molecule has 0 saturated heterocycles. The van der Waals surface area contributed by atoms with Crippen molar-refractivity contribution in [3.63, 3.8) is 0 Å². The Morgan fingerprint density at radius 3 is 2.82 bits per heavy atom. The molecule has 1 aromatic carbocycles. The van der Waals surface area contributed by atoms with Crippen molar-refractivity contribution in [2.45, 2.75) is 6.85 Å². The average Bonchev–Trinajstić information content (AvgIpc) is 2.01. The van der Waals surface area contributed by atoms with E-state index in [-0.39, 0.29) is 0 Å². The van der Waals surface area contributed by atoms with Gasteiger partial charge >= 0.3 is 5.97 Å². The molecular weight excluding hydrogens is 144 g/mol. The van der Waals surface area contributed by atoms with Crippen molar-refractivity contribution in [3.8, 4) is 5.75 Å². The van der Waals surface area contributed by atoms with Gasteiger partial charge in [-0.05, 0) is 19.0 Å². The van der Waals surface area contributed by atoms with Crippen LogP contribution in [0.2, 0.25) is 0 Å².